The van der Waals surface area contributed by atoms with Gasteiger partial charge in [-0.25, -0.2) is 0 Å². The molecule has 3 nitrogen and oxygen atoms in total. The molecule has 0 amide bonds. The zero-order valence-electron chi connectivity index (χ0n) is 12.0. The van der Waals surface area contributed by atoms with E-state index in [1.54, 1.807) is 6.07 Å². The highest BCUT2D eigenvalue weighted by molar-refractivity contribution is 5.38. The Morgan fingerprint density at radius 2 is 1.95 bits per heavy atom. The average Bonchev–Trinajstić information content (AvgIpc) is 2.53. The van der Waals surface area contributed by atoms with Crippen LogP contribution in [0, 0.1) is 0 Å². The van der Waals surface area contributed by atoms with Crippen molar-refractivity contribution in [1.29, 1.82) is 0 Å². The first-order chi connectivity index (χ1) is 10.3. The molecule has 0 aliphatic heterocycles. The Labute approximate surface area is 125 Å². The van der Waals surface area contributed by atoms with Gasteiger partial charge in [-0.05, 0) is 48.1 Å². The van der Waals surface area contributed by atoms with E-state index in [2.05, 4.69) is 5.32 Å². The van der Waals surface area contributed by atoms with Crippen LogP contribution in [0.25, 0.3) is 0 Å². The van der Waals surface area contributed by atoms with Crippen LogP contribution in [-0.4, -0.2) is 16.8 Å². The monoisotopic (exact) mass is 283 g/mol. The van der Waals surface area contributed by atoms with Gasteiger partial charge in [0.15, 0.2) is 0 Å². The van der Waals surface area contributed by atoms with Crippen molar-refractivity contribution in [3.05, 3.63) is 65.2 Å². The third kappa shape index (κ3) is 3.09. The fourth-order valence-electron chi connectivity index (χ4n) is 3.16. The molecule has 0 saturated heterocycles. The number of hydrogen-bond acceptors (Lipinski definition) is 3. The third-order valence-corrected chi connectivity index (χ3v) is 4.23. The first kappa shape index (κ1) is 14.1. The van der Waals surface area contributed by atoms with E-state index in [0.717, 1.165) is 24.8 Å². The molecular weight excluding hydrogens is 262 g/mol. The molecule has 0 radical (unpaired) electrons. The van der Waals surface area contributed by atoms with Crippen LogP contribution in [0.5, 0.6) is 5.75 Å². The van der Waals surface area contributed by atoms with Crippen molar-refractivity contribution in [3.63, 3.8) is 0 Å². The number of nitrogens with one attached hydrogen (secondary N) is 1. The number of benzene rings is 2. The molecule has 2 aromatic carbocycles. The summed E-state index contributed by atoms with van der Waals surface area (Å²) in [7, 11) is 0. The van der Waals surface area contributed by atoms with Crippen LogP contribution in [0.1, 0.15) is 41.6 Å². The molecule has 0 aromatic heterocycles. The molecule has 21 heavy (non-hydrogen) atoms. The van der Waals surface area contributed by atoms with Crippen molar-refractivity contribution >= 4 is 0 Å². The van der Waals surface area contributed by atoms with E-state index in [0.29, 0.717) is 5.75 Å². The van der Waals surface area contributed by atoms with Gasteiger partial charge < -0.3 is 15.5 Å². The SMILES string of the molecule is OC[C@H](NC1CCCc2cc(O)ccc21)c1ccccc1. The Hall–Kier alpha value is -1.84. The quantitative estimate of drug-likeness (QED) is 0.808. The number of fused-ring (bicyclic) bond motifs is 1. The molecule has 0 spiro atoms. The predicted molar refractivity (Wildman–Crippen MR) is 83.2 cm³/mol. The van der Waals surface area contributed by atoms with Crippen molar-refractivity contribution in [1.82, 2.24) is 5.32 Å². The Balaban J connectivity index is 1.82. The van der Waals surface area contributed by atoms with E-state index >= 15 is 0 Å². The number of phenols is 1. The number of aryl methyl sites for hydroxylation is 1. The molecule has 3 rings (SSSR count). The summed E-state index contributed by atoms with van der Waals surface area (Å²) in [6.07, 6.45) is 3.17. The molecule has 2 aromatic rings. The summed E-state index contributed by atoms with van der Waals surface area (Å²) in [6.45, 7) is 0.0773. The van der Waals surface area contributed by atoms with Crippen molar-refractivity contribution in [3.8, 4) is 5.75 Å². The van der Waals surface area contributed by atoms with Crippen LogP contribution in [-0.2, 0) is 6.42 Å². The summed E-state index contributed by atoms with van der Waals surface area (Å²) in [5.41, 5.74) is 3.56. The van der Waals surface area contributed by atoms with E-state index < -0.39 is 0 Å². The highest BCUT2D eigenvalue weighted by Crippen LogP contribution is 2.33. The van der Waals surface area contributed by atoms with Gasteiger partial charge in [-0.2, -0.15) is 0 Å². The summed E-state index contributed by atoms with van der Waals surface area (Å²) in [4.78, 5) is 0. The topological polar surface area (TPSA) is 52.5 Å². The minimum Gasteiger partial charge on any atom is -0.508 e. The molecule has 1 aliphatic carbocycles. The summed E-state index contributed by atoms with van der Waals surface area (Å²) in [5, 5.41) is 22.9. The lowest BCUT2D eigenvalue weighted by molar-refractivity contribution is 0.228. The van der Waals surface area contributed by atoms with Crippen molar-refractivity contribution in [2.75, 3.05) is 6.61 Å². The number of rotatable bonds is 4. The lowest BCUT2D eigenvalue weighted by atomic mass is 9.87. The second-order valence-electron chi connectivity index (χ2n) is 5.64. The minimum absolute atomic E-state index is 0.0593. The van der Waals surface area contributed by atoms with Gasteiger partial charge in [-0.15, -0.1) is 0 Å². The third-order valence-electron chi connectivity index (χ3n) is 4.23. The summed E-state index contributed by atoms with van der Waals surface area (Å²) in [6, 6.07) is 15.8. The Morgan fingerprint density at radius 1 is 1.14 bits per heavy atom. The highest BCUT2D eigenvalue weighted by atomic mass is 16.3. The molecular formula is C18H21NO2. The molecule has 0 heterocycles. The first-order valence-corrected chi connectivity index (χ1v) is 7.51. The van der Waals surface area contributed by atoms with Crippen LogP contribution in [0.15, 0.2) is 48.5 Å². The molecule has 1 aliphatic rings. The summed E-state index contributed by atoms with van der Waals surface area (Å²) >= 11 is 0. The van der Waals surface area contributed by atoms with Gasteiger partial charge in [0.05, 0.1) is 12.6 Å². The molecule has 3 N–H and O–H groups in total. The van der Waals surface area contributed by atoms with E-state index in [4.69, 9.17) is 0 Å². The van der Waals surface area contributed by atoms with Gasteiger partial charge >= 0.3 is 0 Å². The van der Waals surface area contributed by atoms with Gasteiger partial charge in [0.2, 0.25) is 0 Å². The van der Waals surface area contributed by atoms with Gasteiger partial charge in [-0.3, -0.25) is 0 Å². The zero-order valence-corrected chi connectivity index (χ0v) is 12.0. The van der Waals surface area contributed by atoms with Gasteiger partial charge in [0.25, 0.3) is 0 Å². The zero-order chi connectivity index (χ0) is 14.7. The van der Waals surface area contributed by atoms with Crippen molar-refractivity contribution in [2.45, 2.75) is 31.3 Å². The number of aliphatic hydroxyl groups is 1. The maximum atomic E-state index is 9.70. The van der Waals surface area contributed by atoms with Crippen LogP contribution in [0.4, 0.5) is 0 Å². The second kappa shape index (κ2) is 6.29. The van der Waals surface area contributed by atoms with Gasteiger partial charge in [0.1, 0.15) is 5.75 Å². The van der Waals surface area contributed by atoms with Crippen LogP contribution in [0.2, 0.25) is 0 Å². The molecule has 0 saturated carbocycles. The Kier molecular flexibility index (Phi) is 4.23. The summed E-state index contributed by atoms with van der Waals surface area (Å²) < 4.78 is 0. The van der Waals surface area contributed by atoms with Crippen molar-refractivity contribution < 1.29 is 10.2 Å². The second-order valence-corrected chi connectivity index (χ2v) is 5.64. The molecule has 3 heteroatoms. The first-order valence-electron chi connectivity index (χ1n) is 7.51. The smallest absolute Gasteiger partial charge is 0.115 e. The fraction of sp³-hybridized carbons (Fsp3) is 0.333. The largest absolute Gasteiger partial charge is 0.508 e. The van der Waals surface area contributed by atoms with Crippen molar-refractivity contribution in [2.24, 2.45) is 0 Å². The van der Waals surface area contributed by atoms with Gasteiger partial charge in [-0.1, -0.05) is 36.4 Å². The van der Waals surface area contributed by atoms with E-state index in [9.17, 15) is 10.2 Å². The maximum Gasteiger partial charge on any atom is 0.115 e. The van der Waals surface area contributed by atoms with E-state index in [-0.39, 0.29) is 18.7 Å². The van der Waals surface area contributed by atoms with E-state index in [1.165, 1.54) is 11.1 Å². The standard InChI is InChI=1S/C18H21NO2/c20-12-18(13-5-2-1-3-6-13)19-17-8-4-7-14-11-15(21)9-10-16(14)17/h1-3,5-6,9-11,17-21H,4,7-8,12H2/t17?,18-/m0/s1. The average molecular weight is 283 g/mol. The molecule has 0 bridgehead atoms. The number of aliphatic hydroxyl groups excluding tert-OH is 1. The number of aromatic hydroxyl groups is 1. The lowest BCUT2D eigenvalue weighted by Gasteiger charge is -2.30. The van der Waals surface area contributed by atoms with Crippen LogP contribution >= 0.6 is 0 Å². The van der Waals surface area contributed by atoms with Gasteiger partial charge in [0, 0.05) is 6.04 Å². The molecule has 110 valence electrons. The number of hydrogen-bond donors (Lipinski definition) is 3. The highest BCUT2D eigenvalue weighted by Gasteiger charge is 2.23. The van der Waals surface area contributed by atoms with Crippen LogP contribution < -0.4 is 5.32 Å². The maximum absolute atomic E-state index is 9.70. The Bertz CT molecular complexity index is 597. The number of phenolic OH excluding ortho intramolecular Hbond substituents is 1. The van der Waals surface area contributed by atoms with E-state index in [1.807, 2.05) is 42.5 Å². The molecule has 1 unspecified atom stereocenters. The fourth-order valence-corrected chi connectivity index (χ4v) is 3.16. The Morgan fingerprint density at radius 3 is 2.71 bits per heavy atom. The molecule has 0 fully saturated rings. The normalized spacial score (nSPS) is 19.0. The lowest BCUT2D eigenvalue weighted by Crippen LogP contribution is -2.31. The minimum atomic E-state index is -0.0593. The molecule has 2 atom stereocenters. The predicted octanol–water partition coefficient (Wildman–Crippen LogP) is 3.09. The summed E-state index contributed by atoms with van der Waals surface area (Å²) in [5.74, 6) is 0.330. The van der Waals surface area contributed by atoms with Crippen LogP contribution in [0.3, 0.4) is 0 Å².